The minimum absolute atomic E-state index is 0.231. The standard InChI is InChI=1S/C15H12ClFN2OS/c1-9(20)19-13(15-10(16)4-2-5-11(15)17)8-12(18-19)14-6-3-7-21-14/h2-7,13H,8H2,1H3/t13-/m1/s1. The van der Waals surface area contributed by atoms with Crippen molar-refractivity contribution < 1.29 is 9.18 Å². The molecule has 3 rings (SSSR count). The van der Waals surface area contributed by atoms with Crippen molar-refractivity contribution in [3.05, 3.63) is 57.0 Å². The van der Waals surface area contributed by atoms with Gasteiger partial charge in [0.25, 0.3) is 0 Å². The fourth-order valence-corrected chi connectivity index (χ4v) is 3.46. The van der Waals surface area contributed by atoms with Crippen LogP contribution in [0, 0.1) is 5.82 Å². The molecule has 0 saturated carbocycles. The molecule has 2 aromatic rings. The van der Waals surface area contributed by atoms with E-state index < -0.39 is 11.9 Å². The van der Waals surface area contributed by atoms with Crippen molar-refractivity contribution in [2.75, 3.05) is 0 Å². The van der Waals surface area contributed by atoms with E-state index in [1.807, 2.05) is 17.5 Å². The second-order valence-electron chi connectivity index (χ2n) is 4.74. The first-order valence-electron chi connectivity index (χ1n) is 6.43. The van der Waals surface area contributed by atoms with Crippen molar-refractivity contribution in [1.29, 1.82) is 0 Å². The van der Waals surface area contributed by atoms with Crippen molar-refractivity contribution >= 4 is 34.6 Å². The molecule has 0 saturated heterocycles. The molecule has 0 spiro atoms. The Morgan fingerprint density at radius 2 is 2.24 bits per heavy atom. The van der Waals surface area contributed by atoms with Gasteiger partial charge in [-0.1, -0.05) is 23.7 Å². The summed E-state index contributed by atoms with van der Waals surface area (Å²) in [5.41, 5.74) is 1.11. The molecule has 1 atom stereocenters. The van der Waals surface area contributed by atoms with Crippen LogP contribution in [0.1, 0.15) is 29.8 Å². The number of nitrogens with zero attached hydrogens (tertiary/aromatic N) is 2. The Balaban J connectivity index is 2.02. The molecule has 0 N–H and O–H groups in total. The van der Waals surface area contributed by atoms with E-state index in [9.17, 15) is 9.18 Å². The second-order valence-corrected chi connectivity index (χ2v) is 6.10. The molecule has 0 bridgehead atoms. The van der Waals surface area contributed by atoms with Crippen LogP contribution in [0.3, 0.4) is 0 Å². The minimum atomic E-state index is -0.492. The Morgan fingerprint density at radius 1 is 1.43 bits per heavy atom. The van der Waals surface area contributed by atoms with Gasteiger partial charge in [-0.15, -0.1) is 11.3 Å². The lowest BCUT2D eigenvalue weighted by Gasteiger charge is -2.21. The SMILES string of the molecule is CC(=O)N1N=C(c2cccs2)C[C@@H]1c1c(F)cccc1Cl. The fraction of sp³-hybridized carbons (Fsp3) is 0.200. The number of rotatable bonds is 2. The van der Waals surface area contributed by atoms with Gasteiger partial charge in [-0.3, -0.25) is 4.79 Å². The van der Waals surface area contributed by atoms with E-state index >= 15 is 0 Å². The van der Waals surface area contributed by atoms with Gasteiger partial charge < -0.3 is 0 Å². The minimum Gasteiger partial charge on any atom is -0.273 e. The normalized spacial score (nSPS) is 18.0. The van der Waals surface area contributed by atoms with Crippen LogP contribution in [-0.4, -0.2) is 16.6 Å². The maximum Gasteiger partial charge on any atom is 0.240 e. The van der Waals surface area contributed by atoms with E-state index in [0.29, 0.717) is 17.0 Å². The molecular formula is C15H12ClFN2OS. The van der Waals surface area contributed by atoms with Crippen LogP contribution < -0.4 is 0 Å². The third-order valence-electron chi connectivity index (χ3n) is 3.37. The van der Waals surface area contributed by atoms with Crippen LogP contribution in [0.2, 0.25) is 5.02 Å². The van der Waals surface area contributed by atoms with Gasteiger partial charge in [-0.2, -0.15) is 5.10 Å². The molecule has 0 radical (unpaired) electrons. The first-order chi connectivity index (χ1) is 10.1. The molecule has 1 aromatic carbocycles. The van der Waals surface area contributed by atoms with E-state index in [1.54, 1.807) is 23.5 Å². The fourth-order valence-electron chi connectivity index (χ4n) is 2.45. The number of benzene rings is 1. The number of hydrogen-bond donors (Lipinski definition) is 0. The van der Waals surface area contributed by atoms with E-state index in [0.717, 1.165) is 10.6 Å². The van der Waals surface area contributed by atoms with E-state index in [4.69, 9.17) is 11.6 Å². The predicted molar refractivity (Wildman–Crippen MR) is 82.1 cm³/mol. The third kappa shape index (κ3) is 2.59. The third-order valence-corrected chi connectivity index (χ3v) is 4.62. The Morgan fingerprint density at radius 3 is 2.86 bits per heavy atom. The lowest BCUT2D eigenvalue weighted by Crippen LogP contribution is -2.25. The Labute approximate surface area is 130 Å². The van der Waals surface area contributed by atoms with Gasteiger partial charge in [0, 0.05) is 23.9 Å². The number of carbonyl (C=O) groups is 1. The van der Waals surface area contributed by atoms with Crippen molar-refractivity contribution in [2.24, 2.45) is 5.10 Å². The van der Waals surface area contributed by atoms with Gasteiger partial charge in [-0.05, 0) is 23.6 Å². The summed E-state index contributed by atoms with van der Waals surface area (Å²) in [5, 5.41) is 7.93. The average Bonchev–Trinajstić information content (AvgIpc) is 3.07. The zero-order chi connectivity index (χ0) is 15.0. The largest absolute Gasteiger partial charge is 0.273 e. The maximum atomic E-state index is 14.1. The smallest absolute Gasteiger partial charge is 0.240 e. The van der Waals surface area contributed by atoms with Crippen LogP contribution in [0.15, 0.2) is 40.8 Å². The number of thiophene rings is 1. The molecule has 1 aliphatic rings. The number of hydrogen-bond acceptors (Lipinski definition) is 3. The summed E-state index contributed by atoms with van der Waals surface area (Å²) in [7, 11) is 0. The van der Waals surface area contributed by atoms with Crippen molar-refractivity contribution in [2.45, 2.75) is 19.4 Å². The Bertz CT molecular complexity index is 694. The molecule has 1 amide bonds. The van der Waals surface area contributed by atoms with Gasteiger partial charge in [0.05, 0.1) is 16.6 Å². The highest BCUT2D eigenvalue weighted by Crippen LogP contribution is 2.38. The van der Waals surface area contributed by atoms with Gasteiger partial charge in [0.15, 0.2) is 0 Å². The quantitative estimate of drug-likeness (QED) is 0.814. The average molecular weight is 323 g/mol. The molecular weight excluding hydrogens is 311 g/mol. The van der Waals surface area contributed by atoms with Crippen molar-refractivity contribution in [3.63, 3.8) is 0 Å². The summed E-state index contributed by atoms with van der Waals surface area (Å²) >= 11 is 7.67. The summed E-state index contributed by atoms with van der Waals surface area (Å²) in [4.78, 5) is 12.8. The van der Waals surface area contributed by atoms with E-state index in [2.05, 4.69) is 5.10 Å². The number of carbonyl (C=O) groups excluding carboxylic acids is 1. The molecule has 0 fully saturated rings. The Hall–Kier alpha value is -1.72. The first-order valence-corrected chi connectivity index (χ1v) is 7.68. The maximum absolute atomic E-state index is 14.1. The van der Waals surface area contributed by atoms with Gasteiger partial charge in [0.2, 0.25) is 5.91 Å². The van der Waals surface area contributed by atoms with Crippen LogP contribution in [0.5, 0.6) is 0 Å². The van der Waals surface area contributed by atoms with Crippen molar-refractivity contribution in [1.82, 2.24) is 5.01 Å². The van der Waals surface area contributed by atoms with Gasteiger partial charge >= 0.3 is 0 Å². The molecule has 3 nitrogen and oxygen atoms in total. The summed E-state index contributed by atoms with van der Waals surface area (Å²) in [6, 6.07) is 7.89. The molecule has 6 heteroatoms. The number of hydrazone groups is 1. The zero-order valence-electron chi connectivity index (χ0n) is 11.2. The molecule has 21 heavy (non-hydrogen) atoms. The zero-order valence-corrected chi connectivity index (χ0v) is 12.8. The van der Waals surface area contributed by atoms with E-state index in [-0.39, 0.29) is 5.91 Å². The number of halogens is 2. The van der Waals surface area contributed by atoms with Crippen LogP contribution in [0.25, 0.3) is 0 Å². The number of amides is 1. The summed E-state index contributed by atoms with van der Waals surface area (Å²) < 4.78 is 14.1. The lowest BCUT2D eigenvalue weighted by molar-refractivity contribution is -0.130. The molecule has 1 aliphatic heterocycles. The molecule has 0 unspecified atom stereocenters. The topological polar surface area (TPSA) is 32.7 Å². The monoisotopic (exact) mass is 322 g/mol. The van der Waals surface area contributed by atoms with Gasteiger partial charge in [-0.25, -0.2) is 9.40 Å². The Kier molecular flexibility index (Phi) is 3.78. The molecule has 0 aliphatic carbocycles. The summed E-state index contributed by atoms with van der Waals surface area (Å²) in [5.74, 6) is -0.646. The van der Waals surface area contributed by atoms with Crippen molar-refractivity contribution in [3.8, 4) is 0 Å². The van der Waals surface area contributed by atoms with Crippen LogP contribution in [-0.2, 0) is 4.79 Å². The molecule has 1 aromatic heterocycles. The molecule has 2 heterocycles. The highest BCUT2D eigenvalue weighted by molar-refractivity contribution is 7.12. The lowest BCUT2D eigenvalue weighted by atomic mass is 10.0. The second kappa shape index (κ2) is 5.58. The van der Waals surface area contributed by atoms with Crippen LogP contribution in [0.4, 0.5) is 4.39 Å². The van der Waals surface area contributed by atoms with Gasteiger partial charge in [0.1, 0.15) is 5.82 Å². The summed E-state index contributed by atoms with van der Waals surface area (Å²) in [6.07, 6.45) is 0.459. The highest BCUT2D eigenvalue weighted by Gasteiger charge is 2.34. The van der Waals surface area contributed by atoms with Crippen LogP contribution >= 0.6 is 22.9 Å². The highest BCUT2D eigenvalue weighted by atomic mass is 35.5. The summed E-state index contributed by atoms with van der Waals surface area (Å²) in [6.45, 7) is 1.42. The molecule has 108 valence electrons. The first kappa shape index (κ1) is 14.2. The van der Waals surface area contributed by atoms with E-state index in [1.165, 1.54) is 18.0 Å². The predicted octanol–water partition coefficient (Wildman–Crippen LogP) is 4.24.